The average molecular weight is 213 g/mol. The molecule has 1 atom stereocenters. The first-order valence-corrected chi connectivity index (χ1v) is 6.68. The van der Waals surface area contributed by atoms with Gasteiger partial charge in [0, 0.05) is 12.6 Å². The third-order valence-corrected chi connectivity index (χ3v) is 3.24. The van der Waals surface area contributed by atoms with Crippen molar-refractivity contribution >= 4 is 0 Å². The van der Waals surface area contributed by atoms with Gasteiger partial charge in [0.1, 0.15) is 0 Å². The van der Waals surface area contributed by atoms with Crippen molar-refractivity contribution in [1.29, 1.82) is 0 Å². The van der Waals surface area contributed by atoms with Crippen LogP contribution in [0, 0.1) is 0 Å². The van der Waals surface area contributed by atoms with E-state index >= 15 is 0 Å². The molecule has 0 radical (unpaired) electrons. The summed E-state index contributed by atoms with van der Waals surface area (Å²) in [4.78, 5) is 0. The molecule has 1 rings (SSSR count). The Morgan fingerprint density at radius 2 is 2.00 bits per heavy atom. The van der Waals surface area contributed by atoms with Crippen molar-refractivity contribution < 1.29 is 4.74 Å². The highest BCUT2D eigenvalue weighted by atomic mass is 16.5. The summed E-state index contributed by atoms with van der Waals surface area (Å²) in [6.07, 6.45) is 9.75. The summed E-state index contributed by atoms with van der Waals surface area (Å²) in [5, 5.41) is 3.44. The fourth-order valence-corrected chi connectivity index (χ4v) is 2.31. The molecule has 1 fully saturated rings. The van der Waals surface area contributed by atoms with Gasteiger partial charge in [-0.1, -0.05) is 19.8 Å². The van der Waals surface area contributed by atoms with Crippen LogP contribution in [-0.4, -0.2) is 25.3 Å². The summed E-state index contributed by atoms with van der Waals surface area (Å²) in [6, 6.07) is 0.668. The zero-order chi connectivity index (χ0) is 10.9. The molecule has 1 aliphatic rings. The van der Waals surface area contributed by atoms with Crippen LogP contribution < -0.4 is 5.32 Å². The molecule has 0 aromatic carbocycles. The van der Waals surface area contributed by atoms with E-state index in [1.807, 2.05) is 0 Å². The van der Waals surface area contributed by atoms with Gasteiger partial charge in [0.2, 0.25) is 0 Å². The van der Waals surface area contributed by atoms with Crippen LogP contribution in [-0.2, 0) is 4.74 Å². The van der Waals surface area contributed by atoms with Gasteiger partial charge in [-0.2, -0.15) is 0 Å². The lowest BCUT2D eigenvalue weighted by molar-refractivity contribution is 0.0554. The standard InChI is InChI=1S/C13H27NO/c1-3-14-12(2)8-6-7-11-15-13-9-4-5-10-13/h12-14H,3-11H2,1-2H3. The van der Waals surface area contributed by atoms with E-state index in [1.165, 1.54) is 44.9 Å². The van der Waals surface area contributed by atoms with E-state index in [9.17, 15) is 0 Å². The minimum atomic E-state index is 0.594. The number of hydrogen-bond acceptors (Lipinski definition) is 2. The molecular formula is C13H27NO. The Kier molecular flexibility index (Phi) is 7.03. The van der Waals surface area contributed by atoms with Crippen LogP contribution in [0.2, 0.25) is 0 Å². The molecule has 0 aromatic rings. The van der Waals surface area contributed by atoms with Crippen LogP contribution in [0.25, 0.3) is 0 Å². The van der Waals surface area contributed by atoms with Crippen molar-refractivity contribution in [3.8, 4) is 0 Å². The topological polar surface area (TPSA) is 21.3 Å². The third kappa shape index (κ3) is 6.16. The minimum absolute atomic E-state index is 0.594. The van der Waals surface area contributed by atoms with Gasteiger partial charge in [0.15, 0.2) is 0 Å². The van der Waals surface area contributed by atoms with Crippen LogP contribution in [0.4, 0.5) is 0 Å². The molecule has 0 bridgehead atoms. The molecule has 0 amide bonds. The van der Waals surface area contributed by atoms with Crippen LogP contribution in [0.3, 0.4) is 0 Å². The SMILES string of the molecule is CCNC(C)CCCCOC1CCCC1. The molecule has 2 nitrogen and oxygen atoms in total. The maximum atomic E-state index is 5.82. The van der Waals surface area contributed by atoms with Gasteiger partial charge in [-0.3, -0.25) is 0 Å². The monoisotopic (exact) mass is 213 g/mol. The molecule has 0 heterocycles. The lowest BCUT2D eigenvalue weighted by Gasteiger charge is -2.13. The van der Waals surface area contributed by atoms with Crippen molar-refractivity contribution in [3.63, 3.8) is 0 Å². The number of ether oxygens (including phenoxy) is 1. The molecule has 90 valence electrons. The van der Waals surface area contributed by atoms with Gasteiger partial charge in [0.25, 0.3) is 0 Å². The predicted molar refractivity (Wildman–Crippen MR) is 65.2 cm³/mol. The van der Waals surface area contributed by atoms with E-state index in [1.54, 1.807) is 0 Å². The van der Waals surface area contributed by atoms with Crippen molar-refractivity contribution in [2.45, 2.75) is 70.9 Å². The second-order valence-electron chi connectivity index (χ2n) is 4.73. The average Bonchev–Trinajstić information content (AvgIpc) is 2.70. The first kappa shape index (κ1) is 13.0. The van der Waals surface area contributed by atoms with Crippen LogP contribution >= 0.6 is 0 Å². The van der Waals surface area contributed by atoms with E-state index in [4.69, 9.17) is 4.74 Å². The fraction of sp³-hybridized carbons (Fsp3) is 1.00. The smallest absolute Gasteiger partial charge is 0.0575 e. The lowest BCUT2D eigenvalue weighted by atomic mass is 10.1. The summed E-state index contributed by atoms with van der Waals surface area (Å²) < 4.78 is 5.82. The highest BCUT2D eigenvalue weighted by Gasteiger charge is 2.14. The van der Waals surface area contributed by atoms with Crippen molar-refractivity contribution in [1.82, 2.24) is 5.32 Å². The molecular weight excluding hydrogens is 186 g/mol. The Hall–Kier alpha value is -0.0800. The maximum absolute atomic E-state index is 5.82. The van der Waals surface area contributed by atoms with Gasteiger partial charge in [0.05, 0.1) is 6.10 Å². The first-order chi connectivity index (χ1) is 7.33. The second-order valence-corrected chi connectivity index (χ2v) is 4.73. The van der Waals surface area contributed by atoms with E-state index in [0.29, 0.717) is 12.1 Å². The highest BCUT2D eigenvalue weighted by molar-refractivity contribution is 4.66. The Balaban J connectivity index is 1.84. The predicted octanol–water partition coefficient (Wildman–Crippen LogP) is 3.11. The van der Waals surface area contributed by atoms with Crippen molar-refractivity contribution in [2.75, 3.05) is 13.2 Å². The summed E-state index contributed by atoms with van der Waals surface area (Å²) in [5.74, 6) is 0. The molecule has 15 heavy (non-hydrogen) atoms. The van der Waals surface area contributed by atoms with E-state index in [2.05, 4.69) is 19.2 Å². The minimum Gasteiger partial charge on any atom is -0.378 e. The highest BCUT2D eigenvalue weighted by Crippen LogP contribution is 2.21. The summed E-state index contributed by atoms with van der Waals surface area (Å²) in [7, 11) is 0. The van der Waals surface area contributed by atoms with Gasteiger partial charge >= 0.3 is 0 Å². The molecule has 0 spiro atoms. The molecule has 0 saturated heterocycles. The van der Waals surface area contributed by atoms with Gasteiger partial charge in [-0.25, -0.2) is 0 Å². The second kappa shape index (κ2) is 8.12. The fourth-order valence-electron chi connectivity index (χ4n) is 2.31. The zero-order valence-electron chi connectivity index (χ0n) is 10.4. The van der Waals surface area contributed by atoms with E-state index in [-0.39, 0.29) is 0 Å². The van der Waals surface area contributed by atoms with Gasteiger partial charge in [-0.05, 0) is 45.6 Å². The molecule has 0 aliphatic heterocycles. The largest absolute Gasteiger partial charge is 0.378 e. The summed E-state index contributed by atoms with van der Waals surface area (Å²) in [6.45, 7) is 6.49. The number of hydrogen-bond donors (Lipinski definition) is 1. The lowest BCUT2D eigenvalue weighted by Crippen LogP contribution is -2.25. The van der Waals surface area contributed by atoms with Crippen LogP contribution in [0.1, 0.15) is 58.8 Å². The Morgan fingerprint density at radius 3 is 2.67 bits per heavy atom. The molecule has 1 aliphatic carbocycles. The molecule has 2 heteroatoms. The van der Waals surface area contributed by atoms with Crippen molar-refractivity contribution in [2.24, 2.45) is 0 Å². The summed E-state index contributed by atoms with van der Waals surface area (Å²) >= 11 is 0. The molecule has 1 unspecified atom stereocenters. The molecule has 1 N–H and O–H groups in total. The van der Waals surface area contributed by atoms with E-state index in [0.717, 1.165) is 13.2 Å². The Bertz CT molecular complexity index is 143. The Morgan fingerprint density at radius 1 is 1.27 bits per heavy atom. The van der Waals surface area contributed by atoms with Crippen LogP contribution in [0.5, 0.6) is 0 Å². The van der Waals surface area contributed by atoms with Gasteiger partial charge in [-0.15, -0.1) is 0 Å². The van der Waals surface area contributed by atoms with Crippen LogP contribution in [0.15, 0.2) is 0 Å². The van der Waals surface area contributed by atoms with Crippen molar-refractivity contribution in [3.05, 3.63) is 0 Å². The number of nitrogens with one attached hydrogen (secondary N) is 1. The normalized spacial score (nSPS) is 19.6. The zero-order valence-corrected chi connectivity index (χ0v) is 10.4. The van der Waals surface area contributed by atoms with E-state index < -0.39 is 0 Å². The molecule has 0 aromatic heterocycles. The Labute approximate surface area is 94.8 Å². The maximum Gasteiger partial charge on any atom is 0.0575 e. The first-order valence-electron chi connectivity index (χ1n) is 6.68. The quantitative estimate of drug-likeness (QED) is 0.626. The third-order valence-electron chi connectivity index (χ3n) is 3.24. The number of rotatable bonds is 8. The van der Waals surface area contributed by atoms with Gasteiger partial charge < -0.3 is 10.1 Å². The number of unbranched alkanes of at least 4 members (excludes halogenated alkanes) is 1. The summed E-state index contributed by atoms with van der Waals surface area (Å²) in [5.41, 5.74) is 0. The molecule has 1 saturated carbocycles.